The number of hydrogen-bond acceptors (Lipinski definition) is 7. The zero-order chi connectivity index (χ0) is 22.6. The summed E-state index contributed by atoms with van der Waals surface area (Å²) in [7, 11) is 0. The number of rotatable bonds is 4. The summed E-state index contributed by atoms with van der Waals surface area (Å²) in [6, 6.07) is 9.64. The van der Waals surface area contributed by atoms with E-state index in [-0.39, 0.29) is 17.3 Å². The molecule has 1 spiro atoms. The van der Waals surface area contributed by atoms with Gasteiger partial charge < -0.3 is 14.5 Å². The Hall–Kier alpha value is -3.26. The van der Waals surface area contributed by atoms with Crippen LogP contribution in [0.2, 0.25) is 0 Å². The molecule has 6 rings (SSSR count). The van der Waals surface area contributed by atoms with Gasteiger partial charge in [0.15, 0.2) is 0 Å². The molecule has 0 N–H and O–H groups in total. The van der Waals surface area contributed by atoms with Crippen LogP contribution >= 0.6 is 0 Å². The fourth-order valence-corrected chi connectivity index (χ4v) is 5.60. The minimum absolute atomic E-state index is 0.0474. The molecule has 0 atom stereocenters. The number of carbonyl (C=O) groups is 2. The molecule has 1 amide bonds. The number of esters is 1. The maximum atomic E-state index is 12.9. The molecule has 2 aromatic carbocycles. The lowest BCUT2D eigenvalue weighted by molar-refractivity contribution is -0.118. The van der Waals surface area contributed by atoms with Gasteiger partial charge in [-0.2, -0.15) is 0 Å². The van der Waals surface area contributed by atoms with Crippen molar-refractivity contribution in [2.75, 3.05) is 31.1 Å². The van der Waals surface area contributed by atoms with Crippen LogP contribution in [0.5, 0.6) is 0 Å². The summed E-state index contributed by atoms with van der Waals surface area (Å²) in [6.45, 7) is 6.22. The molecule has 4 heterocycles. The van der Waals surface area contributed by atoms with Crippen molar-refractivity contribution in [1.29, 1.82) is 0 Å². The SMILES string of the molecule is Cc1c(CCN2CCC3(CC2)CC(=O)N(c2ccc4nonc4c2)C3)ccc2c1COC2=O. The number of amides is 1. The molecule has 3 aliphatic heterocycles. The molecule has 8 heteroatoms. The number of carbonyl (C=O) groups excluding carboxylic acids is 2. The Bertz CT molecular complexity index is 1260. The molecule has 1 aromatic heterocycles. The van der Waals surface area contributed by atoms with Gasteiger partial charge in [-0.1, -0.05) is 6.07 Å². The van der Waals surface area contributed by atoms with Gasteiger partial charge in [0.05, 0.1) is 5.56 Å². The normalized spacial score (nSPS) is 20.1. The Labute approximate surface area is 191 Å². The van der Waals surface area contributed by atoms with Crippen molar-refractivity contribution in [1.82, 2.24) is 15.2 Å². The van der Waals surface area contributed by atoms with Crippen LogP contribution in [0.3, 0.4) is 0 Å². The van der Waals surface area contributed by atoms with E-state index >= 15 is 0 Å². The number of cyclic esters (lactones) is 1. The largest absolute Gasteiger partial charge is 0.457 e. The summed E-state index contributed by atoms with van der Waals surface area (Å²) >= 11 is 0. The van der Waals surface area contributed by atoms with Gasteiger partial charge in [0.1, 0.15) is 17.6 Å². The molecular weight excluding hydrogens is 420 g/mol. The summed E-state index contributed by atoms with van der Waals surface area (Å²) in [4.78, 5) is 29.1. The van der Waals surface area contributed by atoms with Crippen LogP contribution in [0.25, 0.3) is 11.0 Å². The van der Waals surface area contributed by atoms with E-state index in [2.05, 4.69) is 28.2 Å². The van der Waals surface area contributed by atoms with Crippen LogP contribution in [-0.2, 0) is 22.6 Å². The van der Waals surface area contributed by atoms with E-state index in [1.807, 2.05) is 29.2 Å². The monoisotopic (exact) mass is 446 g/mol. The summed E-state index contributed by atoms with van der Waals surface area (Å²) in [6.07, 6.45) is 3.61. The van der Waals surface area contributed by atoms with Crippen molar-refractivity contribution in [3.63, 3.8) is 0 Å². The van der Waals surface area contributed by atoms with Gasteiger partial charge in [0.2, 0.25) is 5.91 Å². The molecule has 0 radical (unpaired) electrons. The lowest BCUT2D eigenvalue weighted by Crippen LogP contribution is -2.42. The van der Waals surface area contributed by atoms with E-state index in [0.29, 0.717) is 29.6 Å². The molecule has 0 saturated carbocycles. The number of nitrogens with zero attached hydrogens (tertiary/aromatic N) is 4. The number of anilines is 1. The molecule has 0 bridgehead atoms. The average Bonchev–Trinajstić information content (AvgIpc) is 3.52. The van der Waals surface area contributed by atoms with Gasteiger partial charge in [-0.15, -0.1) is 0 Å². The highest BCUT2D eigenvalue weighted by Gasteiger charge is 2.45. The van der Waals surface area contributed by atoms with Gasteiger partial charge in [-0.3, -0.25) is 4.79 Å². The fourth-order valence-electron chi connectivity index (χ4n) is 5.60. The minimum Gasteiger partial charge on any atom is -0.457 e. The molecule has 3 aliphatic rings. The van der Waals surface area contributed by atoms with Crippen LogP contribution in [-0.4, -0.2) is 53.3 Å². The van der Waals surface area contributed by atoms with Gasteiger partial charge >= 0.3 is 5.97 Å². The number of likely N-dealkylation sites (tertiary alicyclic amines) is 1. The van der Waals surface area contributed by atoms with Crippen molar-refractivity contribution in [2.24, 2.45) is 5.41 Å². The second kappa shape index (κ2) is 7.66. The summed E-state index contributed by atoms with van der Waals surface area (Å²) in [5, 5.41) is 7.76. The lowest BCUT2D eigenvalue weighted by Gasteiger charge is -2.39. The highest BCUT2D eigenvalue weighted by atomic mass is 16.6. The second-order valence-electron chi connectivity index (χ2n) is 9.64. The van der Waals surface area contributed by atoms with Crippen molar-refractivity contribution >= 4 is 28.6 Å². The summed E-state index contributed by atoms with van der Waals surface area (Å²) in [5.74, 6) is -0.0245. The average molecular weight is 447 g/mol. The molecule has 8 nitrogen and oxygen atoms in total. The standard InChI is InChI=1S/C25H26N4O4/c1-16-17(2-4-19-20(16)14-32-24(19)31)6-9-28-10-7-25(8-11-28)13-23(30)29(15-25)18-3-5-21-22(12-18)27-33-26-21/h2-5,12H,6-11,13-15H2,1H3. The van der Waals surface area contributed by atoms with Crippen LogP contribution in [0.15, 0.2) is 35.0 Å². The van der Waals surface area contributed by atoms with Crippen LogP contribution in [0, 0.1) is 12.3 Å². The third-order valence-corrected chi connectivity index (χ3v) is 7.76. The van der Waals surface area contributed by atoms with E-state index in [9.17, 15) is 9.59 Å². The Morgan fingerprint density at radius 2 is 1.88 bits per heavy atom. The van der Waals surface area contributed by atoms with Gasteiger partial charge in [0.25, 0.3) is 0 Å². The maximum Gasteiger partial charge on any atom is 0.338 e. The molecule has 0 unspecified atom stereocenters. The molecular formula is C25H26N4O4. The lowest BCUT2D eigenvalue weighted by atomic mass is 9.77. The molecule has 0 aliphatic carbocycles. The third kappa shape index (κ3) is 3.49. The molecule has 3 aromatic rings. The van der Waals surface area contributed by atoms with Crippen LogP contribution < -0.4 is 4.90 Å². The number of piperidine rings is 1. The van der Waals surface area contributed by atoms with Crippen LogP contribution in [0.4, 0.5) is 5.69 Å². The Morgan fingerprint density at radius 1 is 1.06 bits per heavy atom. The van der Waals surface area contributed by atoms with Gasteiger partial charge in [-0.05, 0) is 90.4 Å². The smallest absolute Gasteiger partial charge is 0.338 e. The van der Waals surface area contributed by atoms with Crippen molar-refractivity contribution in [2.45, 2.75) is 39.2 Å². The van der Waals surface area contributed by atoms with E-state index in [4.69, 9.17) is 9.37 Å². The molecule has 170 valence electrons. The topological polar surface area (TPSA) is 88.8 Å². The Balaban J connectivity index is 1.08. The minimum atomic E-state index is -0.209. The first-order chi connectivity index (χ1) is 16.0. The number of hydrogen-bond donors (Lipinski definition) is 0. The predicted molar refractivity (Wildman–Crippen MR) is 121 cm³/mol. The van der Waals surface area contributed by atoms with E-state index in [1.54, 1.807) is 0 Å². The maximum absolute atomic E-state index is 12.9. The first-order valence-corrected chi connectivity index (χ1v) is 11.5. The molecule has 2 fully saturated rings. The summed E-state index contributed by atoms with van der Waals surface area (Å²) in [5.41, 5.74) is 6.52. The third-order valence-electron chi connectivity index (χ3n) is 7.76. The predicted octanol–water partition coefficient (Wildman–Crippen LogP) is 3.26. The highest BCUT2D eigenvalue weighted by Crippen LogP contribution is 2.43. The van der Waals surface area contributed by atoms with Crippen molar-refractivity contribution < 1.29 is 19.0 Å². The number of benzene rings is 2. The highest BCUT2D eigenvalue weighted by molar-refractivity contribution is 5.98. The number of aromatic nitrogens is 2. The zero-order valence-electron chi connectivity index (χ0n) is 18.7. The van der Waals surface area contributed by atoms with E-state index in [1.165, 1.54) is 11.1 Å². The first kappa shape index (κ1) is 20.4. The molecule has 2 saturated heterocycles. The zero-order valence-corrected chi connectivity index (χ0v) is 18.7. The fraction of sp³-hybridized carbons (Fsp3) is 0.440. The van der Waals surface area contributed by atoms with Crippen molar-refractivity contribution in [3.8, 4) is 0 Å². The van der Waals surface area contributed by atoms with Crippen molar-refractivity contribution in [3.05, 3.63) is 52.6 Å². The Kier molecular flexibility index (Phi) is 4.72. The molecule has 33 heavy (non-hydrogen) atoms. The second-order valence-corrected chi connectivity index (χ2v) is 9.64. The quantitative estimate of drug-likeness (QED) is 0.568. The van der Waals surface area contributed by atoms with E-state index in [0.717, 1.165) is 56.7 Å². The van der Waals surface area contributed by atoms with Crippen LogP contribution in [0.1, 0.15) is 46.3 Å². The first-order valence-electron chi connectivity index (χ1n) is 11.5. The van der Waals surface area contributed by atoms with Gasteiger partial charge in [-0.25, -0.2) is 9.42 Å². The summed E-state index contributed by atoms with van der Waals surface area (Å²) < 4.78 is 9.97. The van der Waals surface area contributed by atoms with Gasteiger partial charge in [0, 0.05) is 30.8 Å². The van der Waals surface area contributed by atoms with E-state index < -0.39 is 0 Å². The Morgan fingerprint density at radius 3 is 2.73 bits per heavy atom. The number of ether oxygens (including phenoxy) is 1. The number of fused-ring (bicyclic) bond motifs is 2.